The number of amides is 1. The van der Waals surface area contributed by atoms with Gasteiger partial charge >= 0.3 is 0 Å². The smallest absolute Gasteiger partial charge is 0.255 e. The minimum absolute atomic E-state index is 0.278. The molecule has 0 bridgehead atoms. The Morgan fingerprint density at radius 2 is 2.00 bits per heavy atom. The van der Waals surface area contributed by atoms with Crippen molar-refractivity contribution >= 4 is 17.3 Å². The van der Waals surface area contributed by atoms with Gasteiger partial charge in [-0.05, 0) is 42.8 Å². The van der Waals surface area contributed by atoms with Gasteiger partial charge in [0.15, 0.2) is 0 Å². The van der Waals surface area contributed by atoms with Gasteiger partial charge in [-0.1, -0.05) is 12.1 Å². The van der Waals surface area contributed by atoms with Crippen LogP contribution in [0.4, 0.5) is 15.8 Å². The number of anilines is 2. The number of aryl methyl sites for hydroxylation is 1. The van der Waals surface area contributed by atoms with E-state index in [0.29, 0.717) is 16.9 Å². The summed E-state index contributed by atoms with van der Waals surface area (Å²) in [4.78, 5) is 11.9. The molecule has 2 rings (SSSR count). The van der Waals surface area contributed by atoms with Gasteiger partial charge < -0.3 is 11.1 Å². The molecule has 3 N–H and O–H groups in total. The number of halogens is 1. The van der Waals surface area contributed by atoms with Crippen molar-refractivity contribution < 1.29 is 9.18 Å². The average molecular weight is 244 g/mol. The molecule has 0 saturated heterocycles. The summed E-state index contributed by atoms with van der Waals surface area (Å²) in [6.45, 7) is 1.65. The molecule has 1 amide bonds. The Hall–Kier alpha value is -2.36. The van der Waals surface area contributed by atoms with Crippen LogP contribution < -0.4 is 11.1 Å². The Bertz CT molecular complexity index is 596. The van der Waals surface area contributed by atoms with Gasteiger partial charge in [-0.3, -0.25) is 4.79 Å². The topological polar surface area (TPSA) is 55.1 Å². The van der Waals surface area contributed by atoms with Gasteiger partial charge in [-0.25, -0.2) is 4.39 Å². The molecule has 0 aliphatic heterocycles. The van der Waals surface area contributed by atoms with E-state index < -0.39 is 5.82 Å². The Balaban J connectivity index is 2.19. The molecule has 0 aliphatic carbocycles. The molecule has 0 heterocycles. The van der Waals surface area contributed by atoms with Crippen LogP contribution in [0.3, 0.4) is 0 Å². The van der Waals surface area contributed by atoms with Crippen molar-refractivity contribution in [3.8, 4) is 0 Å². The van der Waals surface area contributed by atoms with Crippen LogP contribution in [0.1, 0.15) is 15.9 Å². The molecule has 0 radical (unpaired) electrons. The molecule has 0 aromatic heterocycles. The SMILES string of the molecule is Cc1ccc(C(=O)Nc2cccc(N)c2)cc1F. The summed E-state index contributed by atoms with van der Waals surface area (Å²) >= 11 is 0. The lowest BCUT2D eigenvalue weighted by molar-refractivity contribution is 0.102. The molecule has 4 heteroatoms. The molecule has 0 aliphatic rings. The van der Waals surface area contributed by atoms with Gasteiger partial charge in [-0.15, -0.1) is 0 Å². The lowest BCUT2D eigenvalue weighted by Crippen LogP contribution is -2.12. The van der Waals surface area contributed by atoms with E-state index in [1.54, 1.807) is 43.3 Å². The minimum atomic E-state index is -0.393. The molecule has 0 atom stereocenters. The first-order chi connectivity index (χ1) is 8.56. The number of hydrogen-bond acceptors (Lipinski definition) is 2. The highest BCUT2D eigenvalue weighted by Gasteiger charge is 2.08. The average Bonchev–Trinajstić information content (AvgIpc) is 2.32. The summed E-state index contributed by atoms with van der Waals surface area (Å²) in [6, 6.07) is 11.2. The van der Waals surface area contributed by atoms with Crippen LogP contribution in [0.25, 0.3) is 0 Å². The van der Waals surface area contributed by atoms with E-state index in [4.69, 9.17) is 5.73 Å². The summed E-state index contributed by atoms with van der Waals surface area (Å²) in [7, 11) is 0. The van der Waals surface area contributed by atoms with Gasteiger partial charge in [0.25, 0.3) is 5.91 Å². The fourth-order valence-electron chi connectivity index (χ4n) is 1.55. The molecule has 3 nitrogen and oxygen atoms in total. The van der Waals surface area contributed by atoms with E-state index in [2.05, 4.69) is 5.32 Å². The van der Waals surface area contributed by atoms with Crippen molar-refractivity contribution in [2.45, 2.75) is 6.92 Å². The second-order valence-corrected chi connectivity index (χ2v) is 4.04. The van der Waals surface area contributed by atoms with Crippen LogP contribution in [0.2, 0.25) is 0 Å². The molecular formula is C14H13FN2O. The van der Waals surface area contributed by atoms with E-state index >= 15 is 0 Å². The van der Waals surface area contributed by atoms with Crippen molar-refractivity contribution in [2.24, 2.45) is 0 Å². The summed E-state index contributed by atoms with van der Waals surface area (Å²) in [5.74, 6) is -0.755. The van der Waals surface area contributed by atoms with Crippen LogP contribution in [0, 0.1) is 12.7 Å². The Kier molecular flexibility index (Phi) is 3.28. The fourth-order valence-corrected chi connectivity index (χ4v) is 1.55. The standard InChI is InChI=1S/C14H13FN2O/c1-9-5-6-10(7-13(9)15)14(18)17-12-4-2-3-11(16)8-12/h2-8H,16H2,1H3,(H,17,18). The first kappa shape index (κ1) is 12.1. The highest BCUT2D eigenvalue weighted by atomic mass is 19.1. The minimum Gasteiger partial charge on any atom is -0.399 e. The van der Waals surface area contributed by atoms with Crippen molar-refractivity contribution in [1.82, 2.24) is 0 Å². The Labute approximate surface area is 104 Å². The van der Waals surface area contributed by atoms with E-state index in [1.807, 2.05) is 0 Å². The van der Waals surface area contributed by atoms with Crippen LogP contribution in [0.5, 0.6) is 0 Å². The zero-order valence-electron chi connectivity index (χ0n) is 9.91. The maximum Gasteiger partial charge on any atom is 0.255 e. The summed E-state index contributed by atoms with van der Waals surface area (Å²) in [5, 5.41) is 2.66. The van der Waals surface area contributed by atoms with Crippen LogP contribution in [-0.4, -0.2) is 5.91 Å². The number of nitrogen functional groups attached to an aromatic ring is 1. The monoisotopic (exact) mass is 244 g/mol. The number of benzene rings is 2. The fraction of sp³-hybridized carbons (Fsp3) is 0.0714. The third-order valence-electron chi connectivity index (χ3n) is 2.58. The maximum atomic E-state index is 13.3. The van der Waals surface area contributed by atoms with Crippen molar-refractivity contribution in [3.63, 3.8) is 0 Å². The molecule has 18 heavy (non-hydrogen) atoms. The highest BCUT2D eigenvalue weighted by molar-refractivity contribution is 6.04. The molecule has 2 aromatic rings. The van der Waals surface area contributed by atoms with Crippen molar-refractivity contribution in [2.75, 3.05) is 11.1 Å². The van der Waals surface area contributed by atoms with E-state index in [1.165, 1.54) is 6.07 Å². The Morgan fingerprint density at radius 3 is 2.67 bits per heavy atom. The first-order valence-corrected chi connectivity index (χ1v) is 5.49. The van der Waals surface area contributed by atoms with Crippen LogP contribution >= 0.6 is 0 Å². The third kappa shape index (κ3) is 2.66. The van der Waals surface area contributed by atoms with E-state index in [-0.39, 0.29) is 11.5 Å². The molecule has 2 aromatic carbocycles. The number of nitrogens with one attached hydrogen (secondary N) is 1. The van der Waals surface area contributed by atoms with Gasteiger partial charge in [0.1, 0.15) is 5.82 Å². The molecule has 92 valence electrons. The van der Waals surface area contributed by atoms with Crippen molar-refractivity contribution in [1.29, 1.82) is 0 Å². The number of carbonyl (C=O) groups is 1. The third-order valence-corrected chi connectivity index (χ3v) is 2.58. The number of hydrogen-bond donors (Lipinski definition) is 2. The van der Waals surface area contributed by atoms with Gasteiger partial charge in [-0.2, -0.15) is 0 Å². The van der Waals surface area contributed by atoms with Gasteiger partial charge in [0.2, 0.25) is 0 Å². The summed E-state index contributed by atoms with van der Waals surface area (Å²) in [6.07, 6.45) is 0. The Morgan fingerprint density at radius 1 is 1.22 bits per heavy atom. The highest BCUT2D eigenvalue weighted by Crippen LogP contribution is 2.14. The first-order valence-electron chi connectivity index (χ1n) is 5.49. The quantitative estimate of drug-likeness (QED) is 0.798. The molecule has 0 saturated carbocycles. The predicted octanol–water partition coefficient (Wildman–Crippen LogP) is 2.97. The van der Waals surface area contributed by atoms with E-state index in [0.717, 1.165) is 0 Å². The predicted molar refractivity (Wildman–Crippen MR) is 69.9 cm³/mol. The van der Waals surface area contributed by atoms with Crippen molar-refractivity contribution in [3.05, 3.63) is 59.4 Å². The largest absolute Gasteiger partial charge is 0.399 e. The zero-order valence-corrected chi connectivity index (χ0v) is 9.91. The molecule has 0 fully saturated rings. The maximum absolute atomic E-state index is 13.3. The van der Waals surface area contributed by atoms with Gasteiger partial charge in [0.05, 0.1) is 0 Å². The number of rotatable bonds is 2. The summed E-state index contributed by atoms with van der Waals surface area (Å²) in [5.41, 5.74) is 7.54. The van der Waals surface area contributed by atoms with Gasteiger partial charge in [0, 0.05) is 16.9 Å². The van der Waals surface area contributed by atoms with Crippen LogP contribution in [-0.2, 0) is 0 Å². The number of carbonyl (C=O) groups excluding carboxylic acids is 1. The zero-order chi connectivity index (χ0) is 13.1. The lowest BCUT2D eigenvalue weighted by Gasteiger charge is -2.06. The second kappa shape index (κ2) is 4.87. The van der Waals surface area contributed by atoms with E-state index in [9.17, 15) is 9.18 Å². The molecule has 0 spiro atoms. The second-order valence-electron chi connectivity index (χ2n) is 4.04. The normalized spacial score (nSPS) is 10.1. The molecular weight excluding hydrogens is 231 g/mol. The van der Waals surface area contributed by atoms with Crippen LogP contribution in [0.15, 0.2) is 42.5 Å². The lowest BCUT2D eigenvalue weighted by atomic mass is 10.1. The number of nitrogens with two attached hydrogens (primary N) is 1. The molecule has 0 unspecified atom stereocenters. The summed E-state index contributed by atoms with van der Waals surface area (Å²) < 4.78 is 13.3.